The van der Waals surface area contributed by atoms with E-state index in [9.17, 15) is 14.7 Å². The van der Waals surface area contributed by atoms with E-state index in [1.165, 1.54) is 44.9 Å². The van der Waals surface area contributed by atoms with Crippen LogP contribution in [-0.2, 0) is 19.1 Å². The maximum absolute atomic E-state index is 12.1. The highest BCUT2D eigenvalue weighted by Crippen LogP contribution is 2.11. The first-order chi connectivity index (χ1) is 21.6. The van der Waals surface area contributed by atoms with Crippen molar-refractivity contribution in [1.29, 1.82) is 0 Å². The highest BCUT2D eigenvalue weighted by atomic mass is 16.6. The van der Waals surface area contributed by atoms with Crippen LogP contribution in [0.1, 0.15) is 155 Å². The minimum atomic E-state index is -0.786. The van der Waals surface area contributed by atoms with Crippen LogP contribution in [0, 0.1) is 0 Å². The van der Waals surface area contributed by atoms with E-state index >= 15 is 0 Å². The first-order valence-electron chi connectivity index (χ1n) is 17.8. The van der Waals surface area contributed by atoms with Gasteiger partial charge < -0.3 is 14.6 Å². The number of allylic oxidation sites excluding steroid dienone is 10. The van der Waals surface area contributed by atoms with Crippen LogP contribution < -0.4 is 0 Å². The molecule has 0 unspecified atom stereocenters. The van der Waals surface area contributed by atoms with Gasteiger partial charge in [-0.25, -0.2) is 0 Å². The van der Waals surface area contributed by atoms with Gasteiger partial charge in [0.1, 0.15) is 6.61 Å². The van der Waals surface area contributed by atoms with Crippen LogP contribution in [0.25, 0.3) is 0 Å². The van der Waals surface area contributed by atoms with E-state index < -0.39 is 6.10 Å². The molecule has 0 fully saturated rings. The first kappa shape index (κ1) is 41.6. The summed E-state index contributed by atoms with van der Waals surface area (Å²) in [6.07, 6.45) is 44.1. The van der Waals surface area contributed by atoms with Crippen molar-refractivity contribution >= 4 is 11.9 Å². The Morgan fingerprint density at radius 1 is 0.545 bits per heavy atom. The number of aliphatic hydroxyl groups is 1. The number of hydrogen-bond donors (Lipinski definition) is 1. The molecule has 0 saturated carbocycles. The topological polar surface area (TPSA) is 72.8 Å². The summed E-state index contributed by atoms with van der Waals surface area (Å²) in [6.45, 7) is 3.96. The van der Waals surface area contributed by atoms with Crippen molar-refractivity contribution in [2.45, 2.75) is 161 Å². The molecular formula is C39H66O5. The van der Waals surface area contributed by atoms with Crippen LogP contribution in [-0.4, -0.2) is 36.4 Å². The number of rotatable bonds is 31. The van der Waals surface area contributed by atoms with Gasteiger partial charge in [0, 0.05) is 12.8 Å². The van der Waals surface area contributed by atoms with Crippen molar-refractivity contribution in [3.8, 4) is 0 Å². The number of aliphatic hydroxyl groups excluding tert-OH is 1. The van der Waals surface area contributed by atoms with Crippen LogP contribution in [0.15, 0.2) is 60.8 Å². The highest BCUT2D eigenvalue weighted by Gasteiger charge is 2.16. The molecule has 0 aliphatic heterocycles. The van der Waals surface area contributed by atoms with E-state index in [2.05, 4.69) is 74.6 Å². The monoisotopic (exact) mass is 614 g/mol. The Morgan fingerprint density at radius 3 is 1.50 bits per heavy atom. The van der Waals surface area contributed by atoms with E-state index in [-0.39, 0.29) is 25.2 Å². The Bertz CT molecular complexity index is 792. The van der Waals surface area contributed by atoms with Crippen LogP contribution in [0.4, 0.5) is 0 Å². The second-order valence-corrected chi connectivity index (χ2v) is 11.6. The van der Waals surface area contributed by atoms with Crippen molar-refractivity contribution in [3.05, 3.63) is 60.8 Å². The van der Waals surface area contributed by atoms with Gasteiger partial charge in [-0.1, -0.05) is 126 Å². The van der Waals surface area contributed by atoms with Crippen LogP contribution in [0.3, 0.4) is 0 Å². The van der Waals surface area contributed by atoms with Gasteiger partial charge in [-0.2, -0.15) is 0 Å². The minimum Gasteiger partial charge on any atom is -0.462 e. The number of unbranched alkanes of at least 4 members (excludes halogenated alkanes) is 13. The summed E-state index contributed by atoms with van der Waals surface area (Å²) in [5.74, 6) is -0.635. The van der Waals surface area contributed by atoms with E-state index in [1.54, 1.807) is 0 Å². The van der Waals surface area contributed by atoms with E-state index in [1.807, 2.05) is 0 Å². The quantitative estimate of drug-likeness (QED) is 0.0478. The van der Waals surface area contributed by atoms with Crippen molar-refractivity contribution in [2.24, 2.45) is 0 Å². The molecule has 0 bridgehead atoms. The summed E-state index contributed by atoms with van der Waals surface area (Å²) >= 11 is 0. The van der Waals surface area contributed by atoms with Gasteiger partial charge in [-0.3, -0.25) is 9.59 Å². The second-order valence-electron chi connectivity index (χ2n) is 11.6. The van der Waals surface area contributed by atoms with Gasteiger partial charge in [-0.15, -0.1) is 0 Å². The summed E-state index contributed by atoms with van der Waals surface area (Å²) < 4.78 is 10.5. The predicted octanol–water partition coefficient (Wildman–Crippen LogP) is 10.8. The molecule has 0 amide bonds. The fourth-order valence-electron chi connectivity index (χ4n) is 4.60. The van der Waals surface area contributed by atoms with Gasteiger partial charge >= 0.3 is 11.9 Å². The largest absolute Gasteiger partial charge is 0.462 e. The number of esters is 2. The molecule has 0 aromatic heterocycles. The molecule has 0 aliphatic carbocycles. The molecule has 44 heavy (non-hydrogen) atoms. The number of ether oxygens (including phenoxy) is 2. The van der Waals surface area contributed by atoms with Gasteiger partial charge in [0.25, 0.3) is 0 Å². The van der Waals surface area contributed by atoms with Crippen molar-refractivity contribution in [2.75, 3.05) is 13.2 Å². The van der Waals surface area contributed by atoms with Crippen LogP contribution in [0.2, 0.25) is 0 Å². The standard InChI is InChI=1S/C39H66O5/c1-3-5-7-9-11-13-15-17-18-19-20-22-23-25-27-29-31-33-38(41)43-36-37(35-40)44-39(42)34-32-30-28-26-24-21-16-14-12-10-8-6-4-2/h5,7,11,13-14,16-18,20,22,37,40H,3-4,6,8-10,12,15,19,21,23-36H2,1-2H3/b7-5-,13-11-,16-14-,18-17-,22-20-/t37-/m0/s1. The molecule has 252 valence electrons. The molecule has 0 saturated heterocycles. The lowest BCUT2D eigenvalue weighted by molar-refractivity contribution is -0.161. The average molecular weight is 615 g/mol. The molecule has 0 aliphatic rings. The SMILES string of the molecule is CC/C=C\C/C=C\C/C=C\C/C=C\CCCCCCC(=O)OC[C@H](CO)OC(=O)CCCCCCC/C=C\CCCCCC. The molecule has 0 aromatic rings. The Balaban J connectivity index is 3.66. The Kier molecular flexibility index (Phi) is 33.2. The van der Waals surface area contributed by atoms with E-state index in [4.69, 9.17) is 9.47 Å². The normalized spacial score (nSPS) is 12.9. The van der Waals surface area contributed by atoms with Crippen molar-refractivity contribution < 1.29 is 24.2 Å². The Morgan fingerprint density at radius 2 is 0.977 bits per heavy atom. The minimum absolute atomic E-state index is 0.0843. The lowest BCUT2D eigenvalue weighted by atomic mass is 10.1. The third kappa shape index (κ3) is 32.5. The van der Waals surface area contributed by atoms with Gasteiger partial charge in [0.05, 0.1) is 6.61 Å². The summed E-state index contributed by atoms with van der Waals surface area (Å²) in [5, 5.41) is 9.52. The molecular weight excluding hydrogens is 548 g/mol. The maximum atomic E-state index is 12.1. The maximum Gasteiger partial charge on any atom is 0.306 e. The first-order valence-corrected chi connectivity index (χ1v) is 17.8. The number of carbonyl (C=O) groups is 2. The van der Waals surface area contributed by atoms with E-state index in [0.29, 0.717) is 12.8 Å². The smallest absolute Gasteiger partial charge is 0.306 e. The molecule has 0 spiro atoms. The van der Waals surface area contributed by atoms with Crippen LogP contribution in [0.5, 0.6) is 0 Å². The van der Waals surface area contributed by atoms with Gasteiger partial charge in [-0.05, 0) is 77.0 Å². The fraction of sp³-hybridized carbons (Fsp3) is 0.692. The van der Waals surface area contributed by atoms with E-state index in [0.717, 1.165) is 83.5 Å². The van der Waals surface area contributed by atoms with Crippen molar-refractivity contribution in [1.82, 2.24) is 0 Å². The van der Waals surface area contributed by atoms with Crippen LogP contribution >= 0.6 is 0 Å². The zero-order chi connectivity index (χ0) is 32.2. The molecule has 1 N–H and O–H groups in total. The third-order valence-corrected chi connectivity index (χ3v) is 7.30. The summed E-state index contributed by atoms with van der Waals surface area (Å²) in [5.41, 5.74) is 0. The fourth-order valence-corrected chi connectivity index (χ4v) is 4.60. The molecule has 5 nitrogen and oxygen atoms in total. The number of hydrogen-bond acceptors (Lipinski definition) is 5. The predicted molar refractivity (Wildman–Crippen MR) is 187 cm³/mol. The van der Waals surface area contributed by atoms with Gasteiger partial charge in [0.2, 0.25) is 0 Å². The lowest BCUT2D eigenvalue weighted by Gasteiger charge is -2.15. The lowest BCUT2D eigenvalue weighted by Crippen LogP contribution is -2.28. The zero-order valence-electron chi connectivity index (χ0n) is 28.4. The number of carbonyl (C=O) groups excluding carboxylic acids is 2. The second kappa shape index (κ2) is 35.1. The summed E-state index contributed by atoms with van der Waals surface area (Å²) in [7, 11) is 0. The highest BCUT2D eigenvalue weighted by molar-refractivity contribution is 5.70. The van der Waals surface area contributed by atoms with Crippen molar-refractivity contribution in [3.63, 3.8) is 0 Å². The summed E-state index contributed by atoms with van der Waals surface area (Å²) in [6, 6.07) is 0. The molecule has 0 heterocycles. The third-order valence-electron chi connectivity index (χ3n) is 7.30. The van der Waals surface area contributed by atoms with Gasteiger partial charge in [0.15, 0.2) is 6.10 Å². The molecule has 0 rings (SSSR count). The summed E-state index contributed by atoms with van der Waals surface area (Å²) in [4.78, 5) is 24.2. The molecule has 1 atom stereocenters. The molecule has 5 heteroatoms. The molecule has 0 radical (unpaired) electrons. The Labute approximate surface area is 271 Å². The Hall–Kier alpha value is -2.40. The average Bonchev–Trinajstić information content (AvgIpc) is 3.02. The zero-order valence-corrected chi connectivity index (χ0v) is 28.4. The molecule has 0 aromatic carbocycles.